The third-order valence-electron chi connectivity index (χ3n) is 1.61. The van der Waals surface area contributed by atoms with Gasteiger partial charge in [0.05, 0.1) is 17.7 Å². The maximum Gasteiger partial charge on any atom is 0.278 e. The maximum atomic E-state index is 11.6. The molecule has 0 bridgehead atoms. The first-order valence-corrected chi connectivity index (χ1v) is 4.45. The molecule has 14 heavy (non-hydrogen) atoms. The third-order valence-corrected chi connectivity index (χ3v) is 2.12. The molecule has 1 aromatic heterocycles. The molecule has 0 saturated heterocycles. The van der Waals surface area contributed by atoms with Crippen molar-refractivity contribution in [3.05, 3.63) is 28.0 Å². The van der Waals surface area contributed by atoms with Gasteiger partial charge in [-0.05, 0) is 6.07 Å². The molecule has 1 aromatic rings. The molecular formula is C8H8Cl2N2O2. The van der Waals surface area contributed by atoms with Gasteiger partial charge in [0.2, 0.25) is 0 Å². The van der Waals surface area contributed by atoms with Gasteiger partial charge in [-0.1, -0.05) is 23.2 Å². The number of hydrogen-bond acceptors (Lipinski definition) is 3. The Labute approximate surface area is 91.3 Å². The first-order valence-electron chi connectivity index (χ1n) is 3.69. The number of carbonyl (C=O) groups excluding carboxylic acids is 1. The fourth-order valence-corrected chi connectivity index (χ4v) is 1.17. The average Bonchev–Trinajstić information content (AvgIpc) is 2.19. The number of carbonyl (C=O) groups is 1. The molecule has 76 valence electrons. The molecule has 1 rings (SSSR count). The SMILES string of the molecule is CON(C)C(=O)c1cc(Cl)ncc1Cl. The number of hydroxylamine groups is 2. The minimum Gasteiger partial charge on any atom is -0.274 e. The van der Waals surface area contributed by atoms with E-state index in [1.54, 1.807) is 0 Å². The summed E-state index contributed by atoms with van der Waals surface area (Å²) >= 11 is 11.4. The van der Waals surface area contributed by atoms with Crippen molar-refractivity contribution in [1.82, 2.24) is 10.0 Å². The summed E-state index contributed by atoms with van der Waals surface area (Å²) in [4.78, 5) is 20.0. The van der Waals surface area contributed by atoms with Crippen LogP contribution in [0.3, 0.4) is 0 Å². The summed E-state index contributed by atoms with van der Waals surface area (Å²) in [7, 11) is 2.86. The number of pyridine rings is 1. The number of hydrogen-bond donors (Lipinski definition) is 0. The van der Waals surface area contributed by atoms with Gasteiger partial charge in [0.15, 0.2) is 0 Å². The average molecular weight is 235 g/mol. The standard InChI is InChI=1S/C8H8Cl2N2O2/c1-12(14-2)8(13)5-3-7(10)11-4-6(5)9/h3-4H,1-2H3. The lowest BCUT2D eigenvalue weighted by Crippen LogP contribution is -2.25. The predicted molar refractivity (Wildman–Crippen MR) is 53.4 cm³/mol. The highest BCUT2D eigenvalue weighted by Crippen LogP contribution is 2.19. The molecule has 1 amide bonds. The van der Waals surface area contributed by atoms with E-state index < -0.39 is 0 Å². The van der Waals surface area contributed by atoms with Crippen molar-refractivity contribution in [2.45, 2.75) is 0 Å². The van der Waals surface area contributed by atoms with Crippen LogP contribution in [0.25, 0.3) is 0 Å². The van der Waals surface area contributed by atoms with Gasteiger partial charge in [0.1, 0.15) is 5.15 Å². The second-order valence-corrected chi connectivity index (χ2v) is 3.27. The van der Waals surface area contributed by atoms with Gasteiger partial charge in [0, 0.05) is 13.2 Å². The zero-order valence-electron chi connectivity index (χ0n) is 7.62. The van der Waals surface area contributed by atoms with E-state index in [9.17, 15) is 4.79 Å². The largest absolute Gasteiger partial charge is 0.278 e. The van der Waals surface area contributed by atoms with Crippen LogP contribution in [-0.2, 0) is 4.84 Å². The summed E-state index contributed by atoms with van der Waals surface area (Å²) in [6.07, 6.45) is 1.32. The summed E-state index contributed by atoms with van der Waals surface area (Å²) < 4.78 is 0. The van der Waals surface area contributed by atoms with Crippen molar-refractivity contribution in [3.8, 4) is 0 Å². The van der Waals surface area contributed by atoms with Crippen LogP contribution in [-0.4, -0.2) is 30.1 Å². The quantitative estimate of drug-likeness (QED) is 0.581. The second kappa shape index (κ2) is 4.59. The zero-order chi connectivity index (χ0) is 10.7. The monoisotopic (exact) mass is 234 g/mol. The number of nitrogens with zero attached hydrogens (tertiary/aromatic N) is 2. The van der Waals surface area contributed by atoms with Crippen LogP contribution < -0.4 is 0 Å². The Bertz CT molecular complexity index is 357. The van der Waals surface area contributed by atoms with E-state index in [4.69, 9.17) is 28.0 Å². The van der Waals surface area contributed by atoms with E-state index >= 15 is 0 Å². The minimum atomic E-state index is -0.373. The number of halogens is 2. The Hall–Kier alpha value is -0.840. The van der Waals surface area contributed by atoms with Crippen LogP contribution in [0.1, 0.15) is 10.4 Å². The van der Waals surface area contributed by atoms with Gasteiger partial charge in [-0.15, -0.1) is 0 Å². The van der Waals surface area contributed by atoms with Crippen LogP contribution >= 0.6 is 23.2 Å². The van der Waals surface area contributed by atoms with Gasteiger partial charge >= 0.3 is 0 Å². The molecule has 4 nitrogen and oxygen atoms in total. The van der Waals surface area contributed by atoms with Crippen LogP contribution in [0.15, 0.2) is 12.3 Å². The number of aromatic nitrogens is 1. The Kier molecular flexibility index (Phi) is 3.69. The summed E-state index contributed by atoms with van der Waals surface area (Å²) in [6, 6.07) is 1.39. The van der Waals surface area contributed by atoms with Crippen LogP contribution in [0.5, 0.6) is 0 Å². The van der Waals surface area contributed by atoms with E-state index in [0.717, 1.165) is 5.06 Å². The van der Waals surface area contributed by atoms with E-state index in [0.29, 0.717) is 0 Å². The number of rotatable bonds is 2. The second-order valence-electron chi connectivity index (χ2n) is 2.47. The highest BCUT2D eigenvalue weighted by atomic mass is 35.5. The van der Waals surface area contributed by atoms with Crippen molar-refractivity contribution in [2.75, 3.05) is 14.2 Å². The van der Waals surface area contributed by atoms with Crippen molar-refractivity contribution >= 4 is 29.1 Å². The van der Waals surface area contributed by atoms with Crippen molar-refractivity contribution in [1.29, 1.82) is 0 Å². The Morgan fingerprint density at radius 3 is 2.79 bits per heavy atom. The topological polar surface area (TPSA) is 42.4 Å². The highest BCUT2D eigenvalue weighted by Gasteiger charge is 2.15. The molecule has 0 fully saturated rings. The molecule has 0 aliphatic rings. The van der Waals surface area contributed by atoms with Gasteiger partial charge in [-0.3, -0.25) is 9.63 Å². The van der Waals surface area contributed by atoms with Crippen LogP contribution in [0, 0.1) is 0 Å². The summed E-state index contributed by atoms with van der Waals surface area (Å²) in [5, 5.41) is 1.50. The Balaban J connectivity index is 3.06. The van der Waals surface area contributed by atoms with E-state index in [1.807, 2.05) is 0 Å². The van der Waals surface area contributed by atoms with Crippen molar-refractivity contribution < 1.29 is 9.63 Å². The molecule has 0 aromatic carbocycles. The lowest BCUT2D eigenvalue weighted by atomic mass is 10.2. The molecule has 1 heterocycles. The van der Waals surface area contributed by atoms with Gasteiger partial charge < -0.3 is 0 Å². The van der Waals surface area contributed by atoms with E-state index in [2.05, 4.69) is 4.98 Å². The Morgan fingerprint density at radius 2 is 2.21 bits per heavy atom. The fraction of sp³-hybridized carbons (Fsp3) is 0.250. The number of amides is 1. The van der Waals surface area contributed by atoms with Crippen molar-refractivity contribution in [2.24, 2.45) is 0 Å². The summed E-state index contributed by atoms with van der Waals surface area (Å²) in [5.41, 5.74) is 0.260. The fourth-order valence-electron chi connectivity index (χ4n) is 0.830. The molecule has 0 atom stereocenters. The van der Waals surface area contributed by atoms with Gasteiger partial charge in [-0.2, -0.15) is 0 Å². The zero-order valence-corrected chi connectivity index (χ0v) is 9.13. The lowest BCUT2D eigenvalue weighted by Gasteiger charge is -2.14. The van der Waals surface area contributed by atoms with Crippen molar-refractivity contribution in [3.63, 3.8) is 0 Å². The molecule has 0 aliphatic carbocycles. The molecule has 0 aliphatic heterocycles. The maximum absolute atomic E-state index is 11.6. The molecular weight excluding hydrogens is 227 g/mol. The third kappa shape index (κ3) is 2.35. The Morgan fingerprint density at radius 1 is 1.57 bits per heavy atom. The first kappa shape index (κ1) is 11.2. The molecule has 0 N–H and O–H groups in total. The van der Waals surface area contributed by atoms with Crippen LogP contribution in [0.2, 0.25) is 10.2 Å². The smallest absolute Gasteiger partial charge is 0.274 e. The first-order chi connectivity index (χ1) is 6.56. The minimum absolute atomic E-state index is 0.210. The summed E-state index contributed by atoms with van der Waals surface area (Å²) in [5.74, 6) is -0.373. The normalized spacial score (nSPS) is 10.0. The van der Waals surface area contributed by atoms with Gasteiger partial charge in [-0.25, -0.2) is 10.0 Å². The predicted octanol–water partition coefficient (Wildman–Crippen LogP) is 2.02. The highest BCUT2D eigenvalue weighted by molar-refractivity contribution is 6.35. The van der Waals surface area contributed by atoms with E-state index in [-0.39, 0.29) is 21.6 Å². The van der Waals surface area contributed by atoms with E-state index in [1.165, 1.54) is 26.4 Å². The lowest BCUT2D eigenvalue weighted by molar-refractivity contribution is -0.0756. The molecule has 0 radical (unpaired) electrons. The molecule has 6 heteroatoms. The molecule has 0 unspecified atom stereocenters. The van der Waals surface area contributed by atoms with Crippen LogP contribution in [0.4, 0.5) is 0 Å². The van der Waals surface area contributed by atoms with Gasteiger partial charge in [0.25, 0.3) is 5.91 Å². The summed E-state index contributed by atoms with van der Waals surface area (Å²) in [6.45, 7) is 0. The molecule has 0 saturated carbocycles. The molecule has 0 spiro atoms.